The SMILES string of the molecule is O=[N+]([O-])c1cc(Br)cnc1NC1(CO)CCC1. The Labute approximate surface area is 106 Å². The van der Waals surface area contributed by atoms with Crippen molar-refractivity contribution in [3.8, 4) is 0 Å². The summed E-state index contributed by atoms with van der Waals surface area (Å²) in [6.07, 6.45) is 4.12. The van der Waals surface area contributed by atoms with Crippen LogP contribution in [-0.2, 0) is 0 Å². The van der Waals surface area contributed by atoms with E-state index in [1.54, 1.807) is 0 Å². The number of aromatic nitrogens is 1. The molecule has 0 aromatic carbocycles. The van der Waals surface area contributed by atoms with Gasteiger partial charge in [0.15, 0.2) is 0 Å². The molecule has 0 atom stereocenters. The van der Waals surface area contributed by atoms with E-state index in [4.69, 9.17) is 0 Å². The van der Waals surface area contributed by atoms with Gasteiger partial charge in [-0.25, -0.2) is 4.98 Å². The first-order chi connectivity index (χ1) is 8.06. The molecule has 0 radical (unpaired) electrons. The Bertz CT molecular complexity index is 443. The van der Waals surface area contributed by atoms with Crippen LogP contribution >= 0.6 is 15.9 Å². The average Bonchev–Trinajstić information content (AvgIpc) is 2.25. The van der Waals surface area contributed by atoms with Gasteiger partial charge in [0.05, 0.1) is 17.1 Å². The zero-order valence-corrected chi connectivity index (χ0v) is 10.6. The highest BCUT2D eigenvalue weighted by molar-refractivity contribution is 9.10. The lowest BCUT2D eigenvalue weighted by Gasteiger charge is -2.41. The summed E-state index contributed by atoms with van der Waals surface area (Å²) in [5.41, 5.74) is -0.523. The van der Waals surface area contributed by atoms with E-state index < -0.39 is 10.5 Å². The van der Waals surface area contributed by atoms with Gasteiger partial charge in [0.2, 0.25) is 5.82 Å². The molecule has 1 heterocycles. The molecule has 17 heavy (non-hydrogen) atoms. The van der Waals surface area contributed by atoms with Crippen LogP contribution in [0.2, 0.25) is 0 Å². The summed E-state index contributed by atoms with van der Waals surface area (Å²) in [5, 5.41) is 23.2. The van der Waals surface area contributed by atoms with E-state index in [0.29, 0.717) is 4.47 Å². The Kier molecular flexibility index (Phi) is 3.30. The first-order valence-corrected chi connectivity index (χ1v) is 6.05. The quantitative estimate of drug-likeness (QED) is 0.656. The van der Waals surface area contributed by atoms with E-state index in [2.05, 4.69) is 26.2 Å². The number of anilines is 1. The van der Waals surface area contributed by atoms with Crippen LogP contribution in [-0.4, -0.2) is 27.2 Å². The maximum atomic E-state index is 10.9. The minimum absolute atomic E-state index is 0.0398. The molecule has 2 rings (SSSR count). The number of pyridine rings is 1. The number of nitrogens with zero attached hydrogens (tertiary/aromatic N) is 2. The molecule has 0 saturated heterocycles. The van der Waals surface area contributed by atoms with Crippen LogP contribution < -0.4 is 5.32 Å². The number of rotatable bonds is 4. The van der Waals surface area contributed by atoms with Gasteiger partial charge in [-0.1, -0.05) is 0 Å². The van der Waals surface area contributed by atoms with Crippen LogP contribution in [0.1, 0.15) is 19.3 Å². The van der Waals surface area contributed by atoms with Gasteiger partial charge >= 0.3 is 5.69 Å². The lowest BCUT2D eigenvalue weighted by atomic mass is 9.77. The molecule has 1 saturated carbocycles. The summed E-state index contributed by atoms with van der Waals surface area (Å²) in [6.45, 7) is -0.0398. The molecule has 6 nitrogen and oxygen atoms in total. The van der Waals surface area contributed by atoms with Gasteiger partial charge in [0.1, 0.15) is 0 Å². The number of nitrogens with one attached hydrogen (secondary N) is 1. The van der Waals surface area contributed by atoms with Crippen molar-refractivity contribution in [1.82, 2.24) is 4.98 Å². The Morgan fingerprint density at radius 1 is 1.65 bits per heavy atom. The smallest absolute Gasteiger partial charge is 0.312 e. The van der Waals surface area contributed by atoms with Crippen molar-refractivity contribution < 1.29 is 10.0 Å². The van der Waals surface area contributed by atoms with Gasteiger partial charge in [-0.2, -0.15) is 0 Å². The molecule has 1 aliphatic rings. The number of hydrogen-bond donors (Lipinski definition) is 2. The normalized spacial score (nSPS) is 17.3. The number of halogens is 1. The fourth-order valence-electron chi connectivity index (χ4n) is 1.84. The fourth-order valence-corrected chi connectivity index (χ4v) is 2.16. The summed E-state index contributed by atoms with van der Waals surface area (Å²) < 4.78 is 0.557. The predicted octanol–water partition coefficient (Wildman–Crippen LogP) is 2.08. The topological polar surface area (TPSA) is 88.3 Å². The van der Waals surface area contributed by atoms with Gasteiger partial charge in [0.25, 0.3) is 0 Å². The Morgan fingerprint density at radius 3 is 2.82 bits per heavy atom. The molecule has 0 spiro atoms. The summed E-state index contributed by atoms with van der Waals surface area (Å²) in [6, 6.07) is 1.40. The fraction of sp³-hybridized carbons (Fsp3) is 0.500. The van der Waals surface area contributed by atoms with Crippen molar-refractivity contribution in [2.75, 3.05) is 11.9 Å². The minimum atomic E-state index is -0.482. The van der Waals surface area contributed by atoms with E-state index in [1.165, 1.54) is 12.3 Å². The zero-order valence-electron chi connectivity index (χ0n) is 9.02. The van der Waals surface area contributed by atoms with Crippen LogP contribution in [0.5, 0.6) is 0 Å². The van der Waals surface area contributed by atoms with Gasteiger partial charge in [-0.05, 0) is 35.2 Å². The van der Waals surface area contributed by atoms with E-state index in [1.807, 2.05) is 0 Å². The molecular formula is C10H12BrN3O3. The van der Waals surface area contributed by atoms with Crippen molar-refractivity contribution in [2.45, 2.75) is 24.8 Å². The number of hydrogen-bond acceptors (Lipinski definition) is 5. The monoisotopic (exact) mass is 301 g/mol. The van der Waals surface area contributed by atoms with Gasteiger partial charge in [0, 0.05) is 16.7 Å². The first-order valence-electron chi connectivity index (χ1n) is 5.25. The van der Waals surface area contributed by atoms with Crippen molar-refractivity contribution in [1.29, 1.82) is 0 Å². The standard InChI is InChI=1S/C10H12BrN3O3/c11-7-4-8(14(16)17)9(12-5-7)13-10(6-15)2-1-3-10/h4-5,15H,1-3,6H2,(H,12,13). The lowest BCUT2D eigenvalue weighted by Crippen LogP contribution is -2.48. The lowest BCUT2D eigenvalue weighted by molar-refractivity contribution is -0.384. The summed E-state index contributed by atoms with van der Waals surface area (Å²) in [7, 11) is 0. The van der Waals surface area contributed by atoms with E-state index >= 15 is 0 Å². The third-order valence-corrected chi connectivity index (χ3v) is 3.46. The average molecular weight is 302 g/mol. The largest absolute Gasteiger partial charge is 0.394 e. The molecule has 0 aliphatic heterocycles. The molecule has 1 aliphatic carbocycles. The molecule has 1 fully saturated rings. The molecule has 7 heteroatoms. The maximum Gasteiger partial charge on any atom is 0.312 e. The summed E-state index contributed by atoms with van der Waals surface area (Å²) in [4.78, 5) is 14.4. The van der Waals surface area contributed by atoms with Crippen LogP contribution in [0.15, 0.2) is 16.7 Å². The molecule has 1 aromatic rings. The van der Waals surface area contributed by atoms with E-state index in [0.717, 1.165) is 19.3 Å². The summed E-state index contributed by atoms with van der Waals surface area (Å²) >= 11 is 3.15. The molecule has 1 aromatic heterocycles. The molecule has 2 N–H and O–H groups in total. The highest BCUT2D eigenvalue weighted by atomic mass is 79.9. The molecular weight excluding hydrogens is 290 g/mol. The first kappa shape index (κ1) is 12.3. The third-order valence-electron chi connectivity index (χ3n) is 3.03. The third kappa shape index (κ3) is 2.39. The molecule has 0 bridgehead atoms. The Morgan fingerprint density at radius 2 is 2.35 bits per heavy atom. The molecule has 92 valence electrons. The number of aliphatic hydroxyl groups excluding tert-OH is 1. The minimum Gasteiger partial charge on any atom is -0.394 e. The number of aliphatic hydroxyl groups is 1. The van der Waals surface area contributed by atoms with Gasteiger partial charge < -0.3 is 10.4 Å². The second kappa shape index (κ2) is 4.58. The van der Waals surface area contributed by atoms with E-state index in [-0.39, 0.29) is 18.1 Å². The second-order valence-corrected chi connectivity index (χ2v) is 5.11. The Balaban J connectivity index is 2.29. The molecule has 0 amide bonds. The van der Waals surface area contributed by atoms with Crippen LogP contribution in [0.3, 0.4) is 0 Å². The van der Waals surface area contributed by atoms with Crippen molar-refractivity contribution in [3.05, 3.63) is 26.9 Å². The van der Waals surface area contributed by atoms with Crippen molar-refractivity contribution in [2.24, 2.45) is 0 Å². The predicted molar refractivity (Wildman–Crippen MR) is 65.9 cm³/mol. The summed E-state index contributed by atoms with van der Waals surface area (Å²) in [5.74, 6) is 0.215. The van der Waals surface area contributed by atoms with Crippen LogP contribution in [0, 0.1) is 10.1 Å². The van der Waals surface area contributed by atoms with Crippen LogP contribution in [0.25, 0.3) is 0 Å². The van der Waals surface area contributed by atoms with E-state index in [9.17, 15) is 15.2 Å². The van der Waals surface area contributed by atoms with Gasteiger partial charge in [-0.3, -0.25) is 10.1 Å². The number of nitro groups is 1. The van der Waals surface area contributed by atoms with Crippen molar-refractivity contribution >= 4 is 27.4 Å². The second-order valence-electron chi connectivity index (χ2n) is 4.20. The zero-order chi connectivity index (χ0) is 12.5. The maximum absolute atomic E-state index is 10.9. The highest BCUT2D eigenvalue weighted by Crippen LogP contribution is 2.37. The van der Waals surface area contributed by atoms with Gasteiger partial charge in [-0.15, -0.1) is 0 Å². The van der Waals surface area contributed by atoms with Crippen LogP contribution in [0.4, 0.5) is 11.5 Å². The molecule has 0 unspecified atom stereocenters. The highest BCUT2D eigenvalue weighted by Gasteiger charge is 2.38. The van der Waals surface area contributed by atoms with Crippen molar-refractivity contribution in [3.63, 3.8) is 0 Å². The Hall–Kier alpha value is -1.21.